The first kappa shape index (κ1) is 15.5. The Morgan fingerprint density at radius 1 is 1.52 bits per heavy atom. The van der Waals surface area contributed by atoms with Crippen LogP contribution in [0, 0.1) is 11.3 Å². The fourth-order valence-electron chi connectivity index (χ4n) is 2.45. The van der Waals surface area contributed by atoms with Gasteiger partial charge in [-0.05, 0) is 43.2 Å². The van der Waals surface area contributed by atoms with Crippen LogP contribution in [0.2, 0.25) is 0 Å². The molecule has 0 aromatic carbocycles. The molecule has 0 unspecified atom stereocenters. The highest BCUT2D eigenvalue weighted by molar-refractivity contribution is 7.99. The average Bonchev–Trinajstić information content (AvgIpc) is 2.96. The molecule has 0 spiro atoms. The lowest BCUT2D eigenvalue weighted by molar-refractivity contribution is -0.739. The second-order valence-electron chi connectivity index (χ2n) is 5.27. The van der Waals surface area contributed by atoms with Gasteiger partial charge in [-0.2, -0.15) is 5.26 Å². The summed E-state index contributed by atoms with van der Waals surface area (Å²) in [7, 11) is 1.68. The van der Waals surface area contributed by atoms with E-state index in [1.165, 1.54) is 22.6 Å². The van der Waals surface area contributed by atoms with Gasteiger partial charge in [0.2, 0.25) is 0 Å². The van der Waals surface area contributed by atoms with Gasteiger partial charge in [-0.25, -0.2) is 9.98 Å². The number of nitrogens with zero attached hydrogens (tertiary/aromatic N) is 5. The van der Waals surface area contributed by atoms with Crippen molar-refractivity contribution >= 4 is 23.5 Å². The van der Waals surface area contributed by atoms with Gasteiger partial charge in [0.1, 0.15) is 11.1 Å². The number of aliphatic imine (C=N–C) groups is 1. The summed E-state index contributed by atoms with van der Waals surface area (Å²) in [5.41, 5.74) is 2.72. The van der Waals surface area contributed by atoms with Crippen molar-refractivity contribution in [3.8, 4) is 6.07 Å². The van der Waals surface area contributed by atoms with Crippen molar-refractivity contribution in [3.63, 3.8) is 0 Å². The van der Waals surface area contributed by atoms with Gasteiger partial charge < -0.3 is 5.11 Å². The third kappa shape index (κ3) is 3.68. The van der Waals surface area contributed by atoms with E-state index < -0.39 is 0 Å². The van der Waals surface area contributed by atoms with Crippen molar-refractivity contribution in [2.45, 2.75) is 30.7 Å². The van der Waals surface area contributed by atoms with Crippen LogP contribution in [0.15, 0.2) is 26.8 Å². The van der Waals surface area contributed by atoms with E-state index in [4.69, 9.17) is 4.52 Å². The molecule has 0 amide bonds. The first-order valence-electron chi connectivity index (χ1n) is 7.28. The summed E-state index contributed by atoms with van der Waals surface area (Å²) in [5, 5.41) is 25.4. The van der Waals surface area contributed by atoms with E-state index in [2.05, 4.69) is 21.3 Å². The number of aryl methyl sites for hydroxylation is 3. The molecule has 2 aromatic heterocycles. The predicted octanol–water partition coefficient (Wildman–Crippen LogP) is 0.827. The van der Waals surface area contributed by atoms with Crippen LogP contribution in [-0.2, 0) is 19.9 Å². The predicted molar refractivity (Wildman–Crippen MR) is 81.1 cm³/mol. The Balaban J connectivity index is 1.75. The maximum absolute atomic E-state index is 11.9. The monoisotopic (exact) mass is 329 g/mol. The number of thioether (sulfide) groups is 1. The third-order valence-electron chi connectivity index (χ3n) is 3.51. The number of aromatic nitrogens is 3. The number of pyridine rings is 1. The van der Waals surface area contributed by atoms with Gasteiger partial charge in [0.25, 0.3) is 6.20 Å². The van der Waals surface area contributed by atoms with Crippen molar-refractivity contribution in [1.29, 1.82) is 5.26 Å². The first-order chi connectivity index (χ1) is 11.2. The van der Waals surface area contributed by atoms with Crippen LogP contribution < -0.4 is 9.79 Å². The number of fused-ring (bicyclic) bond motifs is 1. The van der Waals surface area contributed by atoms with E-state index in [1.807, 2.05) is 6.07 Å². The molecule has 0 radical (unpaired) electrons. The summed E-state index contributed by atoms with van der Waals surface area (Å²) >= 11 is 1.23. The molecule has 0 aliphatic heterocycles. The topological polar surface area (TPSA) is 102 Å². The Morgan fingerprint density at radius 2 is 2.35 bits per heavy atom. The number of hydrogen-bond acceptors (Lipinski definition) is 7. The van der Waals surface area contributed by atoms with Gasteiger partial charge in [-0.1, -0.05) is 16.4 Å². The van der Waals surface area contributed by atoms with E-state index in [9.17, 15) is 10.4 Å². The molecule has 2 heterocycles. The average molecular weight is 329 g/mol. The highest BCUT2D eigenvalue weighted by Gasteiger charge is 2.15. The molecule has 7 nitrogen and oxygen atoms in total. The number of hydrogen-bond donors (Lipinski definition) is 0. The SMILES string of the molecule is C[n+]1cc(/N=C(\[O-])CSc2nc3c(cc2C#N)CCCC3)on1. The Labute approximate surface area is 137 Å². The summed E-state index contributed by atoms with van der Waals surface area (Å²) in [6.07, 6.45) is 5.67. The zero-order valence-corrected chi connectivity index (χ0v) is 13.5. The molecule has 8 heteroatoms. The van der Waals surface area contributed by atoms with E-state index in [1.54, 1.807) is 7.05 Å². The molecule has 2 aromatic rings. The maximum Gasteiger partial charge on any atom is 0.320 e. The molecule has 1 aliphatic rings. The van der Waals surface area contributed by atoms with Crippen molar-refractivity contribution < 1.29 is 14.3 Å². The minimum Gasteiger partial charge on any atom is -0.861 e. The molecule has 0 atom stereocenters. The molecule has 0 bridgehead atoms. The molecule has 0 N–H and O–H groups in total. The van der Waals surface area contributed by atoms with Gasteiger partial charge in [0, 0.05) is 11.4 Å². The van der Waals surface area contributed by atoms with Gasteiger partial charge in [-0.15, -0.1) is 0 Å². The third-order valence-corrected chi connectivity index (χ3v) is 4.49. The van der Waals surface area contributed by atoms with Gasteiger partial charge in [0.05, 0.1) is 5.56 Å². The molecule has 3 rings (SSSR count). The molecule has 23 heavy (non-hydrogen) atoms. The van der Waals surface area contributed by atoms with E-state index >= 15 is 0 Å². The van der Waals surface area contributed by atoms with Gasteiger partial charge >= 0.3 is 5.88 Å². The fourth-order valence-corrected chi connectivity index (χ4v) is 3.21. The van der Waals surface area contributed by atoms with Crippen molar-refractivity contribution in [3.05, 3.63) is 29.1 Å². The van der Waals surface area contributed by atoms with Gasteiger partial charge in [0.15, 0.2) is 12.3 Å². The second kappa shape index (κ2) is 6.79. The van der Waals surface area contributed by atoms with Crippen LogP contribution in [0.25, 0.3) is 0 Å². The Morgan fingerprint density at radius 3 is 3.09 bits per heavy atom. The molecule has 0 saturated heterocycles. The first-order valence-corrected chi connectivity index (χ1v) is 8.27. The quantitative estimate of drug-likeness (QED) is 0.356. The summed E-state index contributed by atoms with van der Waals surface area (Å²) in [6.45, 7) is 0. The molecular formula is C15H15N5O2S. The lowest BCUT2D eigenvalue weighted by Crippen LogP contribution is -2.27. The summed E-state index contributed by atoms with van der Waals surface area (Å²) < 4.78 is 6.28. The lowest BCUT2D eigenvalue weighted by Gasteiger charge is -2.17. The summed E-state index contributed by atoms with van der Waals surface area (Å²) in [5.74, 6) is -0.0857. The Kier molecular flexibility index (Phi) is 4.57. The summed E-state index contributed by atoms with van der Waals surface area (Å²) in [4.78, 5) is 8.39. The normalized spacial score (nSPS) is 14.3. The number of rotatable bonds is 4. The largest absolute Gasteiger partial charge is 0.861 e. The highest BCUT2D eigenvalue weighted by Crippen LogP contribution is 2.27. The maximum atomic E-state index is 11.9. The highest BCUT2D eigenvalue weighted by atomic mass is 32.2. The van der Waals surface area contributed by atoms with Crippen LogP contribution in [0.4, 0.5) is 5.88 Å². The van der Waals surface area contributed by atoms with Crippen LogP contribution in [0.1, 0.15) is 29.7 Å². The standard InChI is InChI=1S/C15H15N5O2S/c1-20-8-14(22-19-20)18-13(21)9-23-15-11(7-16)6-10-4-2-3-5-12(10)17-15/h6,8H,2-5,9H2,1H3. The zero-order valence-electron chi connectivity index (χ0n) is 12.7. The molecule has 0 fully saturated rings. The van der Waals surface area contributed by atoms with Crippen molar-refractivity contribution in [2.24, 2.45) is 12.0 Å². The van der Waals surface area contributed by atoms with Crippen LogP contribution in [-0.4, -0.2) is 21.9 Å². The van der Waals surface area contributed by atoms with Crippen molar-refractivity contribution in [1.82, 2.24) is 10.3 Å². The minimum absolute atomic E-state index is 0.102. The molecule has 118 valence electrons. The molecular weight excluding hydrogens is 314 g/mol. The second-order valence-corrected chi connectivity index (χ2v) is 6.24. The van der Waals surface area contributed by atoms with E-state index in [0.717, 1.165) is 36.9 Å². The smallest absolute Gasteiger partial charge is 0.320 e. The lowest BCUT2D eigenvalue weighted by atomic mass is 9.95. The van der Waals surface area contributed by atoms with E-state index in [-0.39, 0.29) is 17.5 Å². The molecule has 0 saturated carbocycles. The molecule has 1 aliphatic carbocycles. The zero-order chi connectivity index (χ0) is 16.2. The van der Waals surface area contributed by atoms with E-state index in [0.29, 0.717) is 10.6 Å². The summed E-state index contributed by atoms with van der Waals surface area (Å²) in [6, 6.07) is 4.07. The van der Waals surface area contributed by atoms with Gasteiger partial charge in [-0.3, -0.25) is 4.52 Å². The minimum atomic E-state index is -0.352. The Hall–Kier alpha value is -2.40. The van der Waals surface area contributed by atoms with Crippen LogP contribution in [0.5, 0.6) is 0 Å². The Bertz CT molecular complexity index is 794. The van der Waals surface area contributed by atoms with Crippen LogP contribution >= 0.6 is 11.8 Å². The fraction of sp³-hybridized carbons (Fsp3) is 0.400. The van der Waals surface area contributed by atoms with Crippen molar-refractivity contribution in [2.75, 3.05) is 5.75 Å². The van der Waals surface area contributed by atoms with Crippen LogP contribution in [0.3, 0.4) is 0 Å². The number of nitriles is 1.